The van der Waals surface area contributed by atoms with Gasteiger partial charge in [0, 0.05) is 42.0 Å². The van der Waals surface area contributed by atoms with Gasteiger partial charge in [0.1, 0.15) is 0 Å². The van der Waals surface area contributed by atoms with Crippen molar-refractivity contribution in [3.8, 4) is 5.69 Å². The standard InChI is InChI=1S/C24H28N4OS/c1-16-17(2)28(19-10-5-4-6-11-19)18(3)21(16)23-22(20-12-7-8-13-25-20)26-24(30)27(23)14-9-15-29/h4-8,10-13,22-23,29H,9,14-15H2,1-3H3,(H,26,30)/t22-,23-/m0/s1. The normalized spacial score (nSPS) is 18.7. The Morgan fingerprint density at radius 2 is 1.77 bits per heavy atom. The fraction of sp³-hybridized carbons (Fsp3) is 0.333. The van der Waals surface area contributed by atoms with Crippen LogP contribution < -0.4 is 5.32 Å². The lowest BCUT2D eigenvalue weighted by molar-refractivity contribution is 0.247. The lowest BCUT2D eigenvalue weighted by atomic mass is 9.93. The van der Waals surface area contributed by atoms with Crippen LogP contribution in [0.4, 0.5) is 0 Å². The fourth-order valence-electron chi connectivity index (χ4n) is 4.61. The van der Waals surface area contributed by atoms with E-state index >= 15 is 0 Å². The summed E-state index contributed by atoms with van der Waals surface area (Å²) in [6.45, 7) is 7.39. The van der Waals surface area contributed by atoms with Crippen LogP contribution in [0.2, 0.25) is 0 Å². The second-order valence-corrected chi connectivity index (χ2v) is 8.16. The molecule has 0 bridgehead atoms. The predicted octanol–water partition coefficient (Wildman–Crippen LogP) is 4.15. The minimum atomic E-state index is -0.0409. The maximum atomic E-state index is 9.45. The molecule has 4 rings (SSSR count). The van der Waals surface area contributed by atoms with Gasteiger partial charge < -0.3 is 19.9 Å². The lowest BCUT2D eigenvalue weighted by Crippen LogP contribution is -2.31. The third kappa shape index (κ3) is 3.50. The Hall–Kier alpha value is -2.70. The summed E-state index contributed by atoms with van der Waals surface area (Å²) in [5.41, 5.74) is 7.11. The zero-order chi connectivity index (χ0) is 21.3. The van der Waals surface area contributed by atoms with Crippen molar-refractivity contribution in [1.82, 2.24) is 19.8 Å². The number of pyridine rings is 1. The molecule has 0 saturated carbocycles. The van der Waals surface area contributed by atoms with Gasteiger partial charge in [-0.2, -0.15) is 0 Å². The quantitative estimate of drug-likeness (QED) is 0.587. The molecule has 0 spiro atoms. The summed E-state index contributed by atoms with van der Waals surface area (Å²) in [5.74, 6) is 0. The van der Waals surface area contributed by atoms with Crippen molar-refractivity contribution in [2.75, 3.05) is 13.2 Å². The van der Waals surface area contributed by atoms with E-state index in [0.29, 0.717) is 18.1 Å². The summed E-state index contributed by atoms with van der Waals surface area (Å²) < 4.78 is 2.33. The molecule has 6 heteroatoms. The number of nitrogens with zero attached hydrogens (tertiary/aromatic N) is 3. The maximum Gasteiger partial charge on any atom is 0.170 e. The van der Waals surface area contributed by atoms with Gasteiger partial charge in [0.25, 0.3) is 0 Å². The van der Waals surface area contributed by atoms with Crippen LogP contribution in [0.15, 0.2) is 54.7 Å². The van der Waals surface area contributed by atoms with Crippen molar-refractivity contribution < 1.29 is 5.11 Å². The summed E-state index contributed by atoms with van der Waals surface area (Å²) in [6.07, 6.45) is 2.50. The molecular weight excluding hydrogens is 392 g/mol. The Kier molecular flexibility index (Phi) is 5.88. The number of benzene rings is 1. The molecule has 0 unspecified atom stereocenters. The van der Waals surface area contributed by atoms with E-state index in [1.165, 1.54) is 22.5 Å². The second-order valence-electron chi connectivity index (χ2n) is 7.78. The highest BCUT2D eigenvalue weighted by Gasteiger charge is 2.42. The monoisotopic (exact) mass is 420 g/mol. The van der Waals surface area contributed by atoms with Gasteiger partial charge in [-0.3, -0.25) is 4.98 Å². The van der Waals surface area contributed by atoms with Crippen molar-refractivity contribution in [2.45, 2.75) is 39.3 Å². The molecule has 156 valence electrons. The molecule has 5 nitrogen and oxygen atoms in total. The van der Waals surface area contributed by atoms with Crippen LogP contribution in [0.3, 0.4) is 0 Å². The SMILES string of the molecule is Cc1c([C@H]2[C@H](c3ccccn3)NC(=S)N2CCCO)c(C)n(-c2ccccc2)c1C. The van der Waals surface area contributed by atoms with E-state index in [1.807, 2.05) is 24.4 Å². The molecular formula is C24H28N4OS. The van der Waals surface area contributed by atoms with Crippen molar-refractivity contribution >= 4 is 17.3 Å². The highest BCUT2D eigenvalue weighted by atomic mass is 32.1. The third-order valence-electron chi connectivity index (χ3n) is 6.07. The zero-order valence-corrected chi connectivity index (χ0v) is 18.5. The van der Waals surface area contributed by atoms with E-state index < -0.39 is 0 Å². The first kappa shape index (κ1) is 20.6. The first-order valence-corrected chi connectivity index (χ1v) is 10.8. The molecule has 3 heterocycles. The third-order valence-corrected chi connectivity index (χ3v) is 6.42. The number of nitrogens with one attached hydrogen (secondary N) is 1. The molecule has 1 aliphatic rings. The van der Waals surface area contributed by atoms with Crippen LogP contribution in [-0.2, 0) is 0 Å². The summed E-state index contributed by atoms with van der Waals surface area (Å²) in [6, 6.07) is 16.4. The van der Waals surface area contributed by atoms with Crippen LogP contribution in [-0.4, -0.2) is 37.8 Å². The van der Waals surface area contributed by atoms with Crippen LogP contribution in [0.1, 0.15) is 46.7 Å². The van der Waals surface area contributed by atoms with Gasteiger partial charge in [-0.25, -0.2) is 0 Å². The highest BCUT2D eigenvalue weighted by Crippen LogP contribution is 2.43. The van der Waals surface area contributed by atoms with Crippen LogP contribution in [0.25, 0.3) is 5.69 Å². The van der Waals surface area contributed by atoms with Gasteiger partial charge in [-0.1, -0.05) is 24.3 Å². The topological polar surface area (TPSA) is 53.3 Å². The van der Waals surface area contributed by atoms with Crippen molar-refractivity contribution in [3.05, 3.63) is 82.9 Å². The maximum absolute atomic E-state index is 9.45. The molecule has 1 saturated heterocycles. The van der Waals surface area contributed by atoms with Gasteiger partial charge in [0.2, 0.25) is 0 Å². The van der Waals surface area contributed by atoms with Crippen molar-refractivity contribution in [1.29, 1.82) is 0 Å². The molecule has 1 aliphatic heterocycles. The van der Waals surface area contributed by atoms with Gasteiger partial charge in [-0.05, 0) is 69.2 Å². The molecule has 3 aromatic rings. The van der Waals surface area contributed by atoms with E-state index in [0.717, 1.165) is 11.4 Å². The Morgan fingerprint density at radius 1 is 1.03 bits per heavy atom. The van der Waals surface area contributed by atoms with Gasteiger partial charge in [0.05, 0.1) is 17.8 Å². The number of rotatable bonds is 6. The molecule has 1 aromatic carbocycles. The summed E-state index contributed by atoms with van der Waals surface area (Å²) >= 11 is 5.73. The Morgan fingerprint density at radius 3 is 2.43 bits per heavy atom. The molecule has 0 radical (unpaired) electrons. The average molecular weight is 421 g/mol. The van der Waals surface area contributed by atoms with E-state index in [-0.39, 0.29) is 18.7 Å². The van der Waals surface area contributed by atoms with Crippen molar-refractivity contribution in [2.24, 2.45) is 0 Å². The number of thiocarbonyl (C=S) groups is 1. The number of para-hydroxylation sites is 1. The second kappa shape index (κ2) is 8.58. The molecule has 0 amide bonds. The highest BCUT2D eigenvalue weighted by molar-refractivity contribution is 7.80. The molecule has 2 atom stereocenters. The van der Waals surface area contributed by atoms with E-state index in [2.05, 4.69) is 70.9 Å². The van der Waals surface area contributed by atoms with Crippen molar-refractivity contribution in [3.63, 3.8) is 0 Å². The number of hydrogen-bond donors (Lipinski definition) is 2. The van der Waals surface area contributed by atoms with E-state index in [9.17, 15) is 5.11 Å². The van der Waals surface area contributed by atoms with Crippen LogP contribution in [0.5, 0.6) is 0 Å². The van der Waals surface area contributed by atoms with Crippen LogP contribution in [0, 0.1) is 20.8 Å². The molecule has 2 aromatic heterocycles. The number of aromatic nitrogens is 2. The van der Waals surface area contributed by atoms with Gasteiger partial charge in [0.15, 0.2) is 5.11 Å². The van der Waals surface area contributed by atoms with Gasteiger partial charge >= 0.3 is 0 Å². The number of hydrogen-bond acceptors (Lipinski definition) is 3. The Bertz CT molecular complexity index is 1030. The summed E-state index contributed by atoms with van der Waals surface area (Å²) in [4.78, 5) is 6.84. The van der Waals surface area contributed by atoms with E-state index in [4.69, 9.17) is 12.2 Å². The summed E-state index contributed by atoms with van der Waals surface area (Å²) in [5, 5.41) is 13.7. The largest absolute Gasteiger partial charge is 0.396 e. The smallest absolute Gasteiger partial charge is 0.170 e. The molecule has 30 heavy (non-hydrogen) atoms. The molecule has 0 aliphatic carbocycles. The van der Waals surface area contributed by atoms with Crippen LogP contribution >= 0.6 is 12.2 Å². The Balaban J connectivity index is 1.87. The average Bonchev–Trinajstić information content (AvgIpc) is 3.20. The number of aliphatic hydroxyl groups excluding tert-OH is 1. The predicted molar refractivity (Wildman–Crippen MR) is 124 cm³/mol. The zero-order valence-electron chi connectivity index (χ0n) is 17.7. The fourth-order valence-corrected chi connectivity index (χ4v) is 4.94. The molecule has 2 N–H and O–H groups in total. The minimum Gasteiger partial charge on any atom is -0.396 e. The Labute approximate surface area is 183 Å². The lowest BCUT2D eigenvalue weighted by Gasteiger charge is -2.28. The van der Waals surface area contributed by atoms with Gasteiger partial charge in [-0.15, -0.1) is 0 Å². The first-order valence-electron chi connectivity index (χ1n) is 10.4. The van der Waals surface area contributed by atoms with E-state index in [1.54, 1.807) is 0 Å². The molecule has 1 fully saturated rings. The minimum absolute atomic E-state index is 0.0163. The summed E-state index contributed by atoms with van der Waals surface area (Å²) in [7, 11) is 0. The number of aliphatic hydroxyl groups is 1. The first-order chi connectivity index (χ1) is 14.5.